The van der Waals surface area contributed by atoms with Crippen LogP contribution in [0.1, 0.15) is 39.0 Å². The average molecular weight is 435 g/mol. The van der Waals surface area contributed by atoms with Crippen molar-refractivity contribution in [1.29, 1.82) is 0 Å². The van der Waals surface area contributed by atoms with Crippen molar-refractivity contribution in [3.63, 3.8) is 0 Å². The maximum atomic E-state index is 13.0. The van der Waals surface area contributed by atoms with Gasteiger partial charge in [0.25, 0.3) is 0 Å². The first-order valence-corrected chi connectivity index (χ1v) is 10.9. The fourth-order valence-corrected chi connectivity index (χ4v) is 4.34. The highest BCUT2D eigenvalue weighted by molar-refractivity contribution is 7.99. The highest BCUT2D eigenvalue weighted by Gasteiger charge is 2.18. The molecule has 0 radical (unpaired) electrons. The molecule has 3 aromatic heterocycles. The number of aryl methyl sites for hydroxylation is 1. The molecular formula is C23H22N4O3S. The van der Waals surface area contributed by atoms with Crippen molar-refractivity contribution in [3.05, 3.63) is 77.2 Å². The van der Waals surface area contributed by atoms with E-state index in [0.29, 0.717) is 22.9 Å². The quantitative estimate of drug-likeness (QED) is 0.245. The second-order valence-electron chi connectivity index (χ2n) is 7.01. The Morgan fingerprint density at radius 1 is 1.06 bits per heavy atom. The van der Waals surface area contributed by atoms with Crippen molar-refractivity contribution in [2.24, 2.45) is 0 Å². The lowest BCUT2D eigenvalue weighted by Gasteiger charge is -2.11. The number of fused-ring (bicyclic) bond motifs is 1. The highest BCUT2D eigenvalue weighted by Crippen LogP contribution is 2.24. The Kier molecular flexibility index (Phi) is 5.90. The molecule has 158 valence electrons. The van der Waals surface area contributed by atoms with Crippen LogP contribution >= 0.6 is 11.8 Å². The van der Waals surface area contributed by atoms with E-state index in [1.807, 2.05) is 65.4 Å². The molecule has 0 aliphatic heterocycles. The molecule has 0 saturated heterocycles. The van der Waals surface area contributed by atoms with Gasteiger partial charge >= 0.3 is 5.97 Å². The van der Waals surface area contributed by atoms with Crippen LogP contribution in [0.25, 0.3) is 11.3 Å². The van der Waals surface area contributed by atoms with Gasteiger partial charge in [-0.05, 0) is 63.2 Å². The summed E-state index contributed by atoms with van der Waals surface area (Å²) >= 11 is 1.37. The molecule has 0 spiro atoms. The van der Waals surface area contributed by atoms with E-state index in [1.54, 1.807) is 19.1 Å². The lowest BCUT2D eigenvalue weighted by Crippen LogP contribution is -2.07. The summed E-state index contributed by atoms with van der Waals surface area (Å²) in [7, 11) is 0. The molecule has 0 amide bonds. The zero-order chi connectivity index (χ0) is 22.0. The first kappa shape index (κ1) is 20.9. The van der Waals surface area contributed by atoms with Crippen LogP contribution in [0.15, 0.2) is 59.9 Å². The second-order valence-corrected chi connectivity index (χ2v) is 7.95. The monoisotopic (exact) mass is 434 g/mol. The van der Waals surface area contributed by atoms with E-state index >= 15 is 0 Å². The number of pyridine rings is 1. The molecule has 4 rings (SSSR count). The summed E-state index contributed by atoms with van der Waals surface area (Å²) < 4.78 is 8.92. The van der Waals surface area contributed by atoms with Gasteiger partial charge in [-0.2, -0.15) is 0 Å². The van der Waals surface area contributed by atoms with Gasteiger partial charge in [-0.25, -0.2) is 4.79 Å². The number of hydrogen-bond donors (Lipinski definition) is 0. The van der Waals surface area contributed by atoms with E-state index in [4.69, 9.17) is 4.74 Å². The summed E-state index contributed by atoms with van der Waals surface area (Å²) in [6.07, 6.45) is 1.88. The van der Waals surface area contributed by atoms with Crippen molar-refractivity contribution in [2.45, 2.75) is 25.9 Å². The number of rotatable bonds is 7. The Balaban J connectivity index is 1.53. The molecule has 3 heterocycles. The second kappa shape index (κ2) is 8.77. The number of aromatic nitrogens is 4. The number of thioether (sulfide) groups is 1. The van der Waals surface area contributed by atoms with Gasteiger partial charge in [0.2, 0.25) is 0 Å². The maximum Gasteiger partial charge on any atom is 0.338 e. The molecule has 0 N–H and O–H groups in total. The molecule has 8 heteroatoms. The van der Waals surface area contributed by atoms with Crippen LogP contribution in [0.4, 0.5) is 0 Å². The first-order valence-electron chi connectivity index (χ1n) is 9.92. The number of Topliss-reactive ketones (excluding diaryl/α,β-unsaturated/α-hetero) is 1. The van der Waals surface area contributed by atoms with E-state index < -0.39 is 0 Å². The van der Waals surface area contributed by atoms with Gasteiger partial charge < -0.3 is 9.30 Å². The van der Waals surface area contributed by atoms with Crippen molar-refractivity contribution >= 4 is 29.2 Å². The van der Waals surface area contributed by atoms with Crippen molar-refractivity contribution < 1.29 is 14.3 Å². The molecule has 0 aliphatic carbocycles. The molecule has 31 heavy (non-hydrogen) atoms. The minimum Gasteiger partial charge on any atom is -0.462 e. The van der Waals surface area contributed by atoms with Crippen LogP contribution in [0.5, 0.6) is 0 Å². The number of ether oxygens (including phenoxy) is 1. The Morgan fingerprint density at radius 2 is 1.84 bits per heavy atom. The third-order valence-corrected chi connectivity index (χ3v) is 5.93. The van der Waals surface area contributed by atoms with E-state index in [0.717, 1.165) is 22.7 Å². The topological polar surface area (TPSA) is 78.5 Å². The minimum atomic E-state index is -0.344. The van der Waals surface area contributed by atoms with E-state index in [2.05, 4.69) is 10.2 Å². The fraction of sp³-hybridized carbons (Fsp3) is 0.217. The predicted molar refractivity (Wildman–Crippen MR) is 119 cm³/mol. The van der Waals surface area contributed by atoms with E-state index in [9.17, 15) is 9.59 Å². The Morgan fingerprint density at radius 3 is 2.58 bits per heavy atom. The van der Waals surface area contributed by atoms with E-state index in [1.165, 1.54) is 11.8 Å². The molecule has 0 atom stereocenters. The Labute approximate surface area is 184 Å². The predicted octanol–water partition coefficient (Wildman–Crippen LogP) is 4.29. The first-order chi connectivity index (χ1) is 15.0. The summed E-state index contributed by atoms with van der Waals surface area (Å²) in [6, 6.07) is 14.8. The summed E-state index contributed by atoms with van der Waals surface area (Å²) in [5.41, 5.74) is 4.62. The third kappa shape index (κ3) is 4.11. The van der Waals surface area contributed by atoms with Gasteiger partial charge in [0, 0.05) is 28.8 Å². The van der Waals surface area contributed by atoms with Crippen LogP contribution in [0.2, 0.25) is 0 Å². The third-order valence-electron chi connectivity index (χ3n) is 4.98. The van der Waals surface area contributed by atoms with Crippen molar-refractivity contribution in [2.75, 3.05) is 12.4 Å². The van der Waals surface area contributed by atoms with E-state index in [-0.39, 0.29) is 17.5 Å². The number of carbonyl (C=O) groups excluding carboxylic acids is 2. The Bertz CT molecular complexity index is 1260. The molecular weight excluding hydrogens is 412 g/mol. The number of benzene rings is 1. The summed E-state index contributed by atoms with van der Waals surface area (Å²) in [6.45, 7) is 6.00. The number of carbonyl (C=O) groups is 2. The molecule has 7 nitrogen and oxygen atoms in total. The SMILES string of the molecule is CCOC(=O)c1ccc(-n2c(C)cc(C(=O)CSc3nnc4ccccn34)c2C)cc1. The fourth-order valence-electron chi connectivity index (χ4n) is 3.53. The molecule has 4 aromatic rings. The van der Waals surface area contributed by atoms with Crippen LogP contribution < -0.4 is 0 Å². The summed E-state index contributed by atoms with van der Waals surface area (Å²) in [4.78, 5) is 24.8. The van der Waals surface area contributed by atoms with Crippen LogP contribution in [0, 0.1) is 13.8 Å². The number of nitrogens with zero attached hydrogens (tertiary/aromatic N) is 4. The van der Waals surface area contributed by atoms with Gasteiger partial charge in [-0.1, -0.05) is 17.8 Å². The summed E-state index contributed by atoms with van der Waals surface area (Å²) in [5, 5.41) is 8.98. The zero-order valence-corrected chi connectivity index (χ0v) is 18.3. The van der Waals surface area contributed by atoms with Crippen molar-refractivity contribution in [3.8, 4) is 5.69 Å². The van der Waals surface area contributed by atoms with Gasteiger partial charge in [0.15, 0.2) is 16.6 Å². The average Bonchev–Trinajstić information content (AvgIpc) is 3.32. The molecule has 1 aromatic carbocycles. The number of esters is 1. The lowest BCUT2D eigenvalue weighted by molar-refractivity contribution is 0.0526. The molecule has 0 bridgehead atoms. The van der Waals surface area contributed by atoms with Gasteiger partial charge in [0.1, 0.15) is 0 Å². The largest absolute Gasteiger partial charge is 0.462 e. The zero-order valence-electron chi connectivity index (χ0n) is 17.5. The van der Waals surface area contributed by atoms with Gasteiger partial charge in [-0.15, -0.1) is 10.2 Å². The van der Waals surface area contributed by atoms with Gasteiger partial charge in [0.05, 0.1) is 17.9 Å². The Hall–Kier alpha value is -3.39. The highest BCUT2D eigenvalue weighted by atomic mass is 32.2. The molecule has 0 aliphatic rings. The smallest absolute Gasteiger partial charge is 0.338 e. The molecule has 0 unspecified atom stereocenters. The van der Waals surface area contributed by atoms with Gasteiger partial charge in [-0.3, -0.25) is 9.20 Å². The standard InChI is InChI=1S/C23H22N4O3S/c1-4-30-22(29)17-8-10-18(11-9-17)27-15(2)13-19(16(27)3)20(28)14-31-23-25-24-21-7-5-6-12-26(21)23/h5-13H,4,14H2,1-3H3. The van der Waals surface area contributed by atoms with Crippen molar-refractivity contribution in [1.82, 2.24) is 19.2 Å². The minimum absolute atomic E-state index is 0.0279. The molecule has 0 fully saturated rings. The lowest BCUT2D eigenvalue weighted by atomic mass is 10.2. The molecule has 0 saturated carbocycles. The summed E-state index contributed by atoms with van der Waals surface area (Å²) in [5.74, 6) is -0.0500. The van der Waals surface area contributed by atoms with Crippen LogP contribution in [-0.2, 0) is 4.74 Å². The van der Waals surface area contributed by atoms with Crippen LogP contribution in [0.3, 0.4) is 0 Å². The normalized spacial score (nSPS) is 11.1. The number of hydrogen-bond acceptors (Lipinski definition) is 6. The maximum absolute atomic E-state index is 13.0. The van der Waals surface area contributed by atoms with Crippen LogP contribution in [-0.4, -0.2) is 43.3 Å². The number of ketones is 1.